The van der Waals surface area contributed by atoms with Crippen molar-refractivity contribution in [3.8, 4) is 0 Å². The van der Waals surface area contributed by atoms with Crippen molar-refractivity contribution in [3.63, 3.8) is 0 Å². The lowest BCUT2D eigenvalue weighted by molar-refractivity contribution is -0.134. The fourth-order valence-corrected chi connectivity index (χ4v) is 3.94. The molecule has 1 unspecified atom stereocenters. The van der Waals surface area contributed by atoms with Gasteiger partial charge in [0.1, 0.15) is 12.2 Å². The van der Waals surface area contributed by atoms with Gasteiger partial charge in [0.05, 0.1) is 13.1 Å². The molecule has 0 aromatic carbocycles. The molecule has 1 atom stereocenters. The summed E-state index contributed by atoms with van der Waals surface area (Å²) in [6.07, 6.45) is 4.85. The highest BCUT2D eigenvalue weighted by Gasteiger charge is 2.47. The Morgan fingerprint density at radius 3 is 2.68 bits per heavy atom. The van der Waals surface area contributed by atoms with Crippen molar-refractivity contribution in [2.45, 2.75) is 57.4 Å². The van der Waals surface area contributed by atoms with Gasteiger partial charge in [-0.2, -0.15) is 5.10 Å². The van der Waals surface area contributed by atoms with Crippen LogP contribution in [-0.2, 0) is 29.2 Å². The molecule has 1 saturated heterocycles. The Bertz CT molecular complexity index is 851. The number of likely N-dealkylation sites (tertiary alicyclic amines) is 1. The van der Waals surface area contributed by atoms with Gasteiger partial charge in [0.25, 0.3) is 0 Å². The predicted octanol–water partition coefficient (Wildman–Crippen LogP) is -0.274. The molecule has 5 rings (SSSR count). The first kappa shape index (κ1) is 15.3. The molecule has 1 aromatic heterocycles. The van der Waals surface area contributed by atoms with Crippen molar-refractivity contribution in [2.75, 3.05) is 13.1 Å². The van der Waals surface area contributed by atoms with Crippen LogP contribution < -0.4 is 11.1 Å². The van der Waals surface area contributed by atoms with Gasteiger partial charge >= 0.3 is 11.1 Å². The van der Waals surface area contributed by atoms with E-state index in [9.17, 15) is 14.4 Å². The fraction of sp³-hybridized carbons (Fsp3) is 0.765. The Balaban J connectivity index is 1.41. The molecule has 1 aromatic rings. The SMILES string of the molecule is O=C(C1CC1)N1CCC2(C1)Cn1c(nn(CC3CC3)c(=O)c1=O)CO2. The van der Waals surface area contributed by atoms with Gasteiger partial charge in [-0.1, -0.05) is 0 Å². The number of fused-ring (bicyclic) bond motifs is 1. The van der Waals surface area contributed by atoms with Crippen LogP contribution in [-0.4, -0.2) is 43.8 Å². The number of amides is 1. The zero-order valence-electron chi connectivity index (χ0n) is 14.1. The zero-order chi connectivity index (χ0) is 17.2. The first-order valence-electron chi connectivity index (χ1n) is 9.18. The van der Waals surface area contributed by atoms with Crippen LogP contribution in [0.3, 0.4) is 0 Å². The molecule has 8 nitrogen and oxygen atoms in total. The number of hydrogen-bond donors (Lipinski definition) is 0. The maximum atomic E-state index is 12.6. The maximum absolute atomic E-state index is 12.6. The lowest BCUT2D eigenvalue weighted by Crippen LogP contribution is -2.53. The Labute approximate surface area is 144 Å². The normalized spacial score (nSPS) is 28.4. The minimum absolute atomic E-state index is 0.185. The third-order valence-electron chi connectivity index (χ3n) is 5.85. The fourth-order valence-electron chi connectivity index (χ4n) is 3.94. The lowest BCUT2D eigenvalue weighted by Gasteiger charge is -2.35. The van der Waals surface area contributed by atoms with Crippen LogP contribution in [0.25, 0.3) is 0 Å². The van der Waals surface area contributed by atoms with E-state index >= 15 is 0 Å². The van der Waals surface area contributed by atoms with E-state index in [2.05, 4.69) is 5.10 Å². The molecule has 2 aliphatic carbocycles. The highest BCUT2D eigenvalue weighted by Crippen LogP contribution is 2.36. The van der Waals surface area contributed by atoms with E-state index in [1.54, 1.807) is 0 Å². The van der Waals surface area contributed by atoms with E-state index in [1.165, 1.54) is 9.25 Å². The largest absolute Gasteiger partial charge is 0.363 e. The molecule has 0 N–H and O–H groups in total. The lowest BCUT2D eigenvalue weighted by atomic mass is 10.0. The Hall–Kier alpha value is -1.96. The summed E-state index contributed by atoms with van der Waals surface area (Å²) in [5, 5.41) is 4.36. The quantitative estimate of drug-likeness (QED) is 0.703. The summed E-state index contributed by atoms with van der Waals surface area (Å²) >= 11 is 0. The van der Waals surface area contributed by atoms with Crippen LogP contribution in [0.1, 0.15) is 37.9 Å². The molecule has 3 heterocycles. The molecule has 1 amide bonds. The van der Waals surface area contributed by atoms with Crippen LogP contribution in [0.2, 0.25) is 0 Å². The van der Waals surface area contributed by atoms with Crippen molar-refractivity contribution >= 4 is 5.91 Å². The molecule has 8 heteroatoms. The molecule has 25 heavy (non-hydrogen) atoms. The second-order valence-electron chi connectivity index (χ2n) is 7.99. The van der Waals surface area contributed by atoms with Crippen molar-refractivity contribution in [1.29, 1.82) is 0 Å². The van der Waals surface area contributed by atoms with Crippen molar-refractivity contribution < 1.29 is 9.53 Å². The van der Waals surface area contributed by atoms with Gasteiger partial charge in [-0.05, 0) is 38.0 Å². The summed E-state index contributed by atoms with van der Waals surface area (Å²) < 4.78 is 8.86. The van der Waals surface area contributed by atoms with Gasteiger partial charge in [0.15, 0.2) is 5.82 Å². The van der Waals surface area contributed by atoms with Crippen molar-refractivity contribution in [1.82, 2.24) is 19.2 Å². The van der Waals surface area contributed by atoms with E-state index < -0.39 is 16.7 Å². The summed E-state index contributed by atoms with van der Waals surface area (Å²) in [7, 11) is 0. The third kappa shape index (κ3) is 2.63. The first-order chi connectivity index (χ1) is 12.0. The van der Waals surface area contributed by atoms with Crippen molar-refractivity contribution in [2.24, 2.45) is 11.8 Å². The molecule has 2 saturated carbocycles. The Morgan fingerprint density at radius 1 is 1.16 bits per heavy atom. The molecule has 134 valence electrons. The predicted molar refractivity (Wildman–Crippen MR) is 86.9 cm³/mol. The van der Waals surface area contributed by atoms with Gasteiger partial charge in [-0.15, -0.1) is 0 Å². The molecule has 0 radical (unpaired) electrons. The smallest absolute Gasteiger partial charge is 0.332 e. The van der Waals surface area contributed by atoms with Crippen molar-refractivity contribution in [3.05, 3.63) is 26.5 Å². The van der Waals surface area contributed by atoms with E-state index in [0.717, 1.165) is 25.7 Å². The molecular weight excluding hydrogens is 324 g/mol. The minimum Gasteiger partial charge on any atom is -0.363 e. The number of rotatable bonds is 3. The summed E-state index contributed by atoms with van der Waals surface area (Å²) in [6.45, 7) is 2.20. The minimum atomic E-state index is -0.557. The van der Waals surface area contributed by atoms with E-state index in [0.29, 0.717) is 44.3 Å². The Morgan fingerprint density at radius 2 is 1.96 bits per heavy atom. The number of hydrogen-bond acceptors (Lipinski definition) is 5. The van der Waals surface area contributed by atoms with Crippen LogP contribution in [0.15, 0.2) is 9.59 Å². The maximum Gasteiger partial charge on any atom is 0.332 e. The topological polar surface area (TPSA) is 86.4 Å². The van der Waals surface area contributed by atoms with Crippen LogP contribution in [0.5, 0.6) is 0 Å². The molecule has 4 aliphatic rings. The molecule has 2 aliphatic heterocycles. The van der Waals surface area contributed by atoms with Gasteiger partial charge in [0, 0.05) is 19.0 Å². The first-order valence-corrected chi connectivity index (χ1v) is 9.18. The third-order valence-corrected chi connectivity index (χ3v) is 5.85. The average molecular weight is 346 g/mol. The van der Waals surface area contributed by atoms with Crippen LogP contribution in [0, 0.1) is 11.8 Å². The van der Waals surface area contributed by atoms with Crippen LogP contribution >= 0.6 is 0 Å². The highest BCUT2D eigenvalue weighted by molar-refractivity contribution is 5.81. The number of carbonyl (C=O) groups excluding carboxylic acids is 1. The summed E-state index contributed by atoms with van der Waals surface area (Å²) in [4.78, 5) is 39.0. The Kier molecular flexibility index (Phi) is 3.22. The highest BCUT2D eigenvalue weighted by atomic mass is 16.5. The summed E-state index contributed by atoms with van der Waals surface area (Å²) in [6, 6.07) is 0. The second kappa shape index (κ2) is 5.27. The number of carbonyl (C=O) groups is 1. The van der Waals surface area contributed by atoms with E-state index in [1.807, 2.05) is 4.90 Å². The monoisotopic (exact) mass is 346 g/mol. The number of ether oxygens (including phenoxy) is 1. The van der Waals surface area contributed by atoms with Gasteiger partial charge in [-0.25, -0.2) is 4.68 Å². The van der Waals surface area contributed by atoms with E-state index in [-0.39, 0.29) is 18.4 Å². The van der Waals surface area contributed by atoms with Gasteiger partial charge in [0.2, 0.25) is 5.91 Å². The summed E-state index contributed by atoms with van der Waals surface area (Å²) in [5.41, 5.74) is -1.62. The van der Waals surface area contributed by atoms with Crippen LogP contribution in [0.4, 0.5) is 0 Å². The molecular formula is C17H22N4O4. The molecule has 3 fully saturated rings. The van der Waals surface area contributed by atoms with Gasteiger partial charge < -0.3 is 9.64 Å². The molecule has 0 bridgehead atoms. The standard InChI is InChI=1S/C17H22N4O4/c22-14(12-3-4-12)19-6-5-17(9-19)10-20-13(8-25-17)18-21(7-11-1-2-11)16(24)15(20)23/h11-12H,1-10H2. The number of nitrogens with zero attached hydrogens (tertiary/aromatic N) is 4. The summed E-state index contributed by atoms with van der Waals surface area (Å²) in [5.74, 6) is 1.38. The second-order valence-corrected chi connectivity index (χ2v) is 7.99. The van der Waals surface area contributed by atoms with E-state index in [4.69, 9.17) is 4.74 Å². The zero-order valence-corrected chi connectivity index (χ0v) is 14.1. The molecule has 1 spiro atoms. The number of aromatic nitrogens is 3. The van der Waals surface area contributed by atoms with Gasteiger partial charge in [-0.3, -0.25) is 19.0 Å². The average Bonchev–Trinajstić information content (AvgIpc) is 3.52.